The quantitative estimate of drug-likeness (QED) is 0.418. The summed E-state index contributed by atoms with van der Waals surface area (Å²) in [7, 11) is 3.05. The van der Waals surface area contributed by atoms with Gasteiger partial charge >= 0.3 is 0 Å². The van der Waals surface area contributed by atoms with E-state index in [1.807, 2.05) is 0 Å². The first-order chi connectivity index (χ1) is 17.6. The Kier molecular flexibility index (Phi) is 5.69. The van der Waals surface area contributed by atoms with E-state index >= 15 is 4.39 Å². The molecule has 0 aliphatic carbocycles. The van der Waals surface area contributed by atoms with E-state index in [1.54, 1.807) is 29.8 Å². The van der Waals surface area contributed by atoms with Crippen LogP contribution in [0, 0.1) is 5.82 Å². The largest absolute Gasteiger partial charge is 0.479 e. The third-order valence-corrected chi connectivity index (χ3v) is 7.00. The van der Waals surface area contributed by atoms with Crippen LogP contribution in [-0.4, -0.2) is 87.3 Å². The summed E-state index contributed by atoms with van der Waals surface area (Å²) >= 11 is 0. The molecule has 6 rings (SSSR count). The van der Waals surface area contributed by atoms with Crippen LogP contribution in [0.2, 0.25) is 0 Å². The van der Waals surface area contributed by atoms with E-state index in [0.717, 1.165) is 39.1 Å². The molecule has 4 aromatic heterocycles. The molecular weight excluding hydrogens is 467 g/mol. The van der Waals surface area contributed by atoms with E-state index < -0.39 is 5.82 Å². The molecule has 2 saturated heterocycles. The first-order valence-corrected chi connectivity index (χ1v) is 12.0. The number of nitrogens with zero attached hydrogens (tertiary/aromatic N) is 6. The molecule has 0 radical (unpaired) electrons. The van der Waals surface area contributed by atoms with Gasteiger partial charge in [0.25, 0.3) is 5.91 Å². The van der Waals surface area contributed by atoms with Crippen molar-refractivity contribution < 1.29 is 18.7 Å². The lowest BCUT2D eigenvalue weighted by Gasteiger charge is -2.41. The number of carbonyl (C=O) groups excluding carboxylic acids is 1. The molecule has 0 spiro atoms. The van der Waals surface area contributed by atoms with E-state index in [-0.39, 0.29) is 23.4 Å². The lowest BCUT2D eigenvalue weighted by molar-refractivity contribution is -0.0705. The number of nitrogens with one attached hydrogen (secondary N) is 2. The van der Waals surface area contributed by atoms with Crippen molar-refractivity contribution in [1.82, 2.24) is 34.2 Å². The van der Waals surface area contributed by atoms with Crippen molar-refractivity contribution in [2.45, 2.75) is 24.9 Å². The van der Waals surface area contributed by atoms with E-state index in [0.29, 0.717) is 34.4 Å². The number of anilines is 1. The molecule has 4 aromatic rings. The minimum atomic E-state index is -0.475. The summed E-state index contributed by atoms with van der Waals surface area (Å²) in [5.41, 5.74) is 2.16. The van der Waals surface area contributed by atoms with Gasteiger partial charge in [-0.15, -0.1) is 5.10 Å². The topological polar surface area (TPSA) is 110 Å². The summed E-state index contributed by atoms with van der Waals surface area (Å²) in [4.78, 5) is 23.5. The molecule has 6 heterocycles. The third kappa shape index (κ3) is 3.82. The van der Waals surface area contributed by atoms with E-state index in [4.69, 9.17) is 9.47 Å². The van der Waals surface area contributed by atoms with Crippen LogP contribution in [0.25, 0.3) is 22.3 Å². The molecule has 2 N–H and O–H groups in total. The highest BCUT2D eigenvalue weighted by Gasteiger charge is 2.30. The molecular formula is C24H27FN8O3. The van der Waals surface area contributed by atoms with E-state index in [1.165, 1.54) is 24.0 Å². The molecule has 0 unspecified atom stereocenters. The van der Waals surface area contributed by atoms with Gasteiger partial charge < -0.3 is 20.1 Å². The summed E-state index contributed by atoms with van der Waals surface area (Å²) in [6, 6.07) is 4.24. The van der Waals surface area contributed by atoms with Gasteiger partial charge in [0.15, 0.2) is 5.82 Å². The van der Waals surface area contributed by atoms with Crippen molar-refractivity contribution in [2.24, 2.45) is 0 Å². The van der Waals surface area contributed by atoms with Crippen LogP contribution in [0.5, 0.6) is 5.88 Å². The Bertz CT molecular complexity index is 1440. The van der Waals surface area contributed by atoms with Crippen molar-refractivity contribution in [3.05, 3.63) is 42.2 Å². The van der Waals surface area contributed by atoms with Gasteiger partial charge in [-0.3, -0.25) is 14.1 Å². The normalized spacial score (nSPS) is 17.4. The lowest BCUT2D eigenvalue weighted by atomic mass is 10.0. The fourth-order valence-corrected chi connectivity index (χ4v) is 4.95. The number of hydrogen-bond donors (Lipinski definition) is 2. The minimum Gasteiger partial charge on any atom is -0.479 e. The summed E-state index contributed by atoms with van der Waals surface area (Å²) in [5, 5.41) is 10.5. The Morgan fingerprint density at radius 3 is 2.72 bits per heavy atom. The molecule has 0 saturated carbocycles. The molecule has 2 aliphatic heterocycles. The number of pyridine rings is 1. The molecule has 0 aromatic carbocycles. The maximum atomic E-state index is 15.3. The standard InChI is InChI=1S/C24H27FN8O3/c1-26-22(34)18-9-27-19-4-3-14(10-32(18)19)20-17(25)11-33-21(20)23(35-2)29-24(30-33)28-15-5-7-31(8-6-15)16-12-36-13-16/h3-4,9-11,15-16H,5-8,12-13H2,1-2H3,(H,26,34)(H,28,30). The predicted molar refractivity (Wildman–Crippen MR) is 130 cm³/mol. The van der Waals surface area contributed by atoms with Crippen molar-refractivity contribution in [2.75, 3.05) is 45.8 Å². The van der Waals surface area contributed by atoms with Crippen molar-refractivity contribution >= 4 is 23.0 Å². The number of hydrogen-bond acceptors (Lipinski definition) is 8. The molecule has 36 heavy (non-hydrogen) atoms. The molecule has 1 amide bonds. The number of halogens is 1. The Morgan fingerprint density at radius 2 is 2.03 bits per heavy atom. The molecule has 12 heteroatoms. The van der Waals surface area contributed by atoms with Crippen LogP contribution in [0.3, 0.4) is 0 Å². The number of likely N-dealkylation sites (tertiary alicyclic amines) is 1. The van der Waals surface area contributed by atoms with Crippen LogP contribution in [0.4, 0.5) is 10.3 Å². The van der Waals surface area contributed by atoms with Crippen LogP contribution < -0.4 is 15.4 Å². The van der Waals surface area contributed by atoms with E-state index in [2.05, 4.69) is 30.6 Å². The maximum Gasteiger partial charge on any atom is 0.269 e. The molecule has 2 fully saturated rings. The highest BCUT2D eigenvalue weighted by atomic mass is 19.1. The number of aromatic nitrogens is 5. The predicted octanol–water partition coefficient (Wildman–Crippen LogP) is 1.83. The summed E-state index contributed by atoms with van der Waals surface area (Å²) in [6.45, 7) is 3.61. The Hall–Kier alpha value is -3.77. The number of piperidine rings is 1. The number of imidazole rings is 1. The van der Waals surface area contributed by atoms with Gasteiger partial charge in [-0.1, -0.05) is 0 Å². The molecule has 11 nitrogen and oxygen atoms in total. The van der Waals surface area contributed by atoms with Crippen molar-refractivity contribution in [3.63, 3.8) is 0 Å². The number of fused-ring (bicyclic) bond motifs is 2. The fraction of sp³-hybridized carbons (Fsp3) is 0.417. The number of carbonyl (C=O) groups is 1. The second-order valence-corrected chi connectivity index (χ2v) is 9.10. The molecule has 0 bridgehead atoms. The highest BCUT2D eigenvalue weighted by Crippen LogP contribution is 2.34. The molecule has 2 aliphatic rings. The zero-order valence-corrected chi connectivity index (χ0v) is 20.1. The number of methoxy groups -OCH3 is 1. The van der Waals surface area contributed by atoms with Crippen LogP contribution >= 0.6 is 0 Å². The third-order valence-electron chi connectivity index (χ3n) is 7.00. The number of amides is 1. The first kappa shape index (κ1) is 22.7. The smallest absolute Gasteiger partial charge is 0.269 e. The van der Waals surface area contributed by atoms with Gasteiger partial charge in [0.2, 0.25) is 11.8 Å². The second-order valence-electron chi connectivity index (χ2n) is 9.10. The van der Waals surface area contributed by atoms with Crippen LogP contribution in [0.15, 0.2) is 30.7 Å². The highest BCUT2D eigenvalue weighted by molar-refractivity contribution is 5.93. The maximum absolute atomic E-state index is 15.3. The zero-order valence-electron chi connectivity index (χ0n) is 20.1. The fourth-order valence-electron chi connectivity index (χ4n) is 4.95. The van der Waals surface area contributed by atoms with Gasteiger partial charge in [-0.2, -0.15) is 4.98 Å². The average Bonchev–Trinajstić information content (AvgIpc) is 3.43. The molecule has 188 valence electrons. The van der Waals surface area contributed by atoms with Crippen LogP contribution in [0.1, 0.15) is 23.3 Å². The van der Waals surface area contributed by atoms with Crippen molar-refractivity contribution in [3.8, 4) is 17.0 Å². The summed E-state index contributed by atoms with van der Waals surface area (Å²) in [6.07, 6.45) is 6.40. The Balaban J connectivity index is 1.32. The first-order valence-electron chi connectivity index (χ1n) is 12.0. The SMILES string of the molecule is CNC(=O)c1cnc2ccc(-c3c(F)cn4nc(NC5CCN(C6COC6)CC5)nc(OC)c34)cn12. The van der Waals surface area contributed by atoms with Crippen LogP contribution in [-0.2, 0) is 4.74 Å². The minimum absolute atomic E-state index is 0.219. The summed E-state index contributed by atoms with van der Waals surface area (Å²) < 4.78 is 29.3. The van der Waals surface area contributed by atoms with Crippen molar-refractivity contribution in [1.29, 1.82) is 0 Å². The molecule has 0 atom stereocenters. The zero-order chi connectivity index (χ0) is 24.8. The Labute approximate surface area is 206 Å². The average molecular weight is 495 g/mol. The van der Waals surface area contributed by atoms with Gasteiger partial charge in [-0.05, 0) is 25.0 Å². The summed E-state index contributed by atoms with van der Waals surface area (Å²) in [5.74, 6) is -0.118. The number of ether oxygens (including phenoxy) is 2. The number of rotatable bonds is 6. The van der Waals surface area contributed by atoms with Gasteiger partial charge in [0, 0.05) is 37.9 Å². The van der Waals surface area contributed by atoms with Gasteiger partial charge in [0.05, 0.1) is 44.3 Å². The second kappa shape index (κ2) is 9.03. The lowest BCUT2D eigenvalue weighted by Crippen LogP contribution is -2.53. The van der Waals surface area contributed by atoms with Gasteiger partial charge in [-0.25, -0.2) is 13.9 Å². The van der Waals surface area contributed by atoms with E-state index in [9.17, 15) is 4.79 Å². The Morgan fingerprint density at radius 1 is 1.22 bits per heavy atom. The van der Waals surface area contributed by atoms with Gasteiger partial charge in [0.1, 0.15) is 16.9 Å². The monoisotopic (exact) mass is 494 g/mol.